The van der Waals surface area contributed by atoms with Gasteiger partial charge in [0.15, 0.2) is 0 Å². The van der Waals surface area contributed by atoms with E-state index in [0.29, 0.717) is 12.2 Å². The SMILES string of the molecule is COC(=O)[C@@H]1CN(C(=O)c2ccn(C)n2)C[C@H]1c1ccc(O)cc1. The second kappa shape index (κ2) is 6.35. The van der Waals surface area contributed by atoms with Gasteiger partial charge in [-0.15, -0.1) is 0 Å². The first-order chi connectivity index (χ1) is 11.5. The summed E-state index contributed by atoms with van der Waals surface area (Å²) in [5, 5.41) is 13.6. The van der Waals surface area contributed by atoms with E-state index in [1.807, 2.05) is 0 Å². The van der Waals surface area contributed by atoms with Gasteiger partial charge in [0.25, 0.3) is 5.91 Å². The number of likely N-dealkylation sites (tertiary alicyclic amines) is 1. The molecule has 1 amide bonds. The summed E-state index contributed by atoms with van der Waals surface area (Å²) in [6, 6.07) is 8.35. The maximum atomic E-state index is 12.6. The van der Waals surface area contributed by atoms with E-state index in [9.17, 15) is 14.7 Å². The third-order valence-corrected chi connectivity index (χ3v) is 4.36. The summed E-state index contributed by atoms with van der Waals surface area (Å²) in [6.45, 7) is 0.688. The van der Waals surface area contributed by atoms with Crippen molar-refractivity contribution in [2.45, 2.75) is 5.92 Å². The van der Waals surface area contributed by atoms with E-state index in [1.54, 1.807) is 53.2 Å². The number of hydrogen-bond donors (Lipinski definition) is 1. The monoisotopic (exact) mass is 329 g/mol. The van der Waals surface area contributed by atoms with Gasteiger partial charge < -0.3 is 14.7 Å². The van der Waals surface area contributed by atoms with Crippen LogP contribution in [0.1, 0.15) is 22.0 Å². The van der Waals surface area contributed by atoms with Crippen molar-refractivity contribution in [1.29, 1.82) is 0 Å². The van der Waals surface area contributed by atoms with E-state index >= 15 is 0 Å². The lowest BCUT2D eigenvalue weighted by Crippen LogP contribution is -2.30. The molecule has 2 aromatic rings. The third-order valence-electron chi connectivity index (χ3n) is 4.36. The van der Waals surface area contributed by atoms with Crippen molar-refractivity contribution < 1.29 is 19.4 Å². The van der Waals surface area contributed by atoms with E-state index in [-0.39, 0.29) is 30.1 Å². The number of carbonyl (C=O) groups is 2. The summed E-state index contributed by atoms with van der Waals surface area (Å²) in [6.07, 6.45) is 1.71. The predicted octanol–water partition coefficient (Wildman–Crippen LogP) is 1.15. The van der Waals surface area contributed by atoms with Gasteiger partial charge in [0, 0.05) is 32.3 Å². The minimum Gasteiger partial charge on any atom is -0.508 e. The largest absolute Gasteiger partial charge is 0.508 e. The third kappa shape index (κ3) is 2.97. The number of aromatic hydroxyl groups is 1. The highest BCUT2D eigenvalue weighted by Gasteiger charge is 2.41. The molecule has 0 aliphatic carbocycles. The first kappa shape index (κ1) is 16.0. The lowest BCUT2D eigenvalue weighted by molar-refractivity contribution is -0.145. The molecule has 1 N–H and O–H groups in total. The molecular formula is C17H19N3O4. The molecule has 0 radical (unpaired) electrons. The van der Waals surface area contributed by atoms with Gasteiger partial charge in [0.2, 0.25) is 0 Å². The Morgan fingerprint density at radius 1 is 1.21 bits per heavy atom. The summed E-state index contributed by atoms with van der Waals surface area (Å²) >= 11 is 0. The number of rotatable bonds is 3. The lowest BCUT2D eigenvalue weighted by Gasteiger charge is -2.16. The van der Waals surface area contributed by atoms with E-state index < -0.39 is 5.92 Å². The minimum absolute atomic E-state index is 0.160. The van der Waals surface area contributed by atoms with Crippen LogP contribution in [0.3, 0.4) is 0 Å². The van der Waals surface area contributed by atoms with Gasteiger partial charge in [-0.1, -0.05) is 12.1 Å². The van der Waals surface area contributed by atoms with E-state index in [4.69, 9.17) is 4.74 Å². The maximum Gasteiger partial charge on any atom is 0.311 e. The van der Waals surface area contributed by atoms with Gasteiger partial charge in [-0.3, -0.25) is 14.3 Å². The van der Waals surface area contributed by atoms with Gasteiger partial charge in [0.1, 0.15) is 11.4 Å². The van der Waals surface area contributed by atoms with Crippen molar-refractivity contribution in [2.75, 3.05) is 20.2 Å². The number of esters is 1. The van der Waals surface area contributed by atoms with Crippen LogP contribution in [-0.4, -0.2) is 51.9 Å². The minimum atomic E-state index is -0.438. The van der Waals surface area contributed by atoms with Crippen LogP contribution in [-0.2, 0) is 16.6 Å². The molecule has 0 unspecified atom stereocenters. The van der Waals surface area contributed by atoms with Gasteiger partial charge in [-0.2, -0.15) is 5.10 Å². The number of benzene rings is 1. The quantitative estimate of drug-likeness (QED) is 0.854. The van der Waals surface area contributed by atoms with Crippen molar-refractivity contribution in [3.05, 3.63) is 47.8 Å². The number of aryl methyl sites for hydroxylation is 1. The molecule has 126 valence electrons. The van der Waals surface area contributed by atoms with Crippen LogP contribution in [0.15, 0.2) is 36.5 Å². The smallest absolute Gasteiger partial charge is 0.311 e. The number of aromatic nitrogens is 2. The fraction of sp³-hybridized carbons (Fsp3) is 0.353. The first-order valence-corrected chi connectivity index (χ1v) is 7.65. The molecule has 0 spiro atoms. The molecule has 24 heavy (non-hydrogen) atoms. The number of hydrogen-bond acceptors (Lipinski definition) is 5. The van der Waals surface area contributed by atoms with Gasteiger partial charge in [-0.25, -0.2) is 0 Å². The van der Waals surface area contributed by atoms with Crippen LogP contribution < -0.4 is 0 Å². The fourth-order valence-electron chi connectivity index (χ4n) is 3.11. The molecule has 2 heterocycles. The standard InChI is InChI=1S/C17H19N3O4/c1-19-8-7-15(18-19)16(22)20-9-13(14(10-20)17(23)24-2)11-3-5-12(21)6-4-11/h3-8,13-14,21H,9-10H2,1-2H3/t13-,14+/m0/s1. The Morgan fingerprint density at radius 2 is 1.92 bits per heavy atom. The van der Waals surface area contributed by atoms with Crippen molar-refractivity contribution in [3.63, 3.8) is 0 Å². The molecule has 3 rings (SSSR count). The van der Waals surface area contributed by atoms with E-state index in [2.05, 4.69) is 5.10 Å². The molecule has 7 nitrogen and oxygen atoms in total. The number of carbonyl (C=O) groups excluding carboxylic acids is 2. The zero-order chi connectivity index (χ0) is 17.3. The Balaban J connectivity index is 1.86. The summed E-state index contributed by atoms with van der Waals surface area (Å²) in [7, 11) is 3.09. The zero-order valence-corrected chi connectivity index (χ0v) is 13.5. The summed E-state index contributed by atoms with van der Waals surface area (Å²) < 4.78 is 6.47. The highest BCUT2D eigenvalue weighted by atomic mass is 16.5. The molecule has 1 saturated heterocycles. The van der Waals surface area contributed by atoms with E-state index in [0.717, 1.165) is 5.56 Å². The summed E-state index contributed by atoms with van der Waals surface area (Å²) in [5.74, 6) is -0.999. The zero-order valence-electron chi connectivity index (χ0n) is 13.5. The highest BCUT2D eigenvalue weighted by molar-refractivity contribution is 5.93. The Kier molecular flexibility index (Phi) is 4.24. The van der Waals surface area contributed by atoms with Crippen molar-refractivity contribution in [2.24, 2.45) is 13.0 Å². The number of amides is 1. The molecule has 1 aromatic carbocycles. The molecule has 0 bridgehead atoms. The molecule has 7 heteroatoms. The normalized spacial score (nSPS) is 20.2. The molecule has 1 aliphatic heterocycles. The average Bonchev–Trinajstić information content (AvgIpc) is 3.21. The van der Waals surface area contributed by atoms with Crippen LogP contribution in [0.25, 0.3) is 0 Å². The number of ether oxygens (including phenoxy) is 1. The number of methoxy groups -OCH3 is 1. The second-order valence-electron chi connectivity index (χ2n) is 5.91. The Bertz CT molecular complexity index is 753. The molecule has 1 aromatic heterocycles. The topological polar surface area (TPSA) is 84.7 Å². The Morgan fingerprint density at radius 3 is 2.50 bits per heavy atom. The van der Waals surface area contributed by atoms with Crippen LogP contribution in [0.2, 0.25) is 0 Å². The van der Waals surface area contributed by atoms with Gasteiger partial charge >= 0.3 is 5.97 Å². The van der Waals surface area contributed by atoms with Crippen LogP contribution in [0.4, 0.5) is 0 Å². The summed E-state index contributed by atoms with van der Waals surface area (Å²) in [5.41, 5.74) is 1.24. The van der Waals surface area contributed by atoms with Gasteiger partial charge in [-0.05, 0) is 23.8 Å². The average molecular weight is 329 g/mol. The second-order valence-corrected chi connectivity index (χ2v) is 5.91. The number of nitrogens with zero attached hydrogens (tertiary/aromatic N) is 3. The molecule has 0 saturated carbocycles. The van der Waals surface area contributed by atoms with Crippen molar-refractivity contribution >= 4 is 11.9 Å². The lowest BCUT2D eigenvalue weighted by atomic mass is 9.89. The highest BCUT2D eigenvalue weighted by Crippen LogP contribution is 2.34. The van der Waals surface area contributed by atoms with Crippen LogP contribution in [0, 0.1) is 5.92 Å². The first-order valence-electron chi connectivity index (χ1n) is 7.65. The molecule has 1 fully saturated rings. The van der Waals surface area contributed by atoms with Crippen molar-refractivity contribution in [1.82, 2.24) is 14.7 Å². The van der Waals surface area contributed by atoms with Crippen LogP contribution >= 0.6 is 0 Å². The number of phenolic OH excluding ortho intramolecular Hbond substituents is 1. The fourth-order valence-corrected chi connectivity index (χ4v) is 3.11. The molecule has 1 aliphatic rings. The van der Waals surface area contributed by atoms with E-state index in [1.165, 1.54) is 7.11 Å². The predicted molar refractivity (Wildman–Crippen MR) is 85.5 cm³/mol. The maximum absolute atomic E-state index is 12.6. The Labute approximate surface area is 139 Å². The molecular weight excluding hydrogens is 310 g/mol. The van der Waals surface area contributed by atoms with Crippen LogP contribution in [0.5, 0.6) is 5.75 Å². The Hall–Kier alpha value is -2.83. The summed E-state index contributed by atoms with van der Waals surface area (Å²) in [4.78, 5) is 26.4. The van der Waals surface area contributed by atoms with Crippen molar-refractivity contribution in [3.8, 4) is 5.75 Å². The molecule has 2 atom stereocenters. The number of phenols is 1. The van der Waals surface area contributed by atoms with Gasteiger partial charge in [0.05, 0.1) is 13.0 Å².